The number of fused-ring (bicyclic) bond motifs is 1. The summed E-state index contributed by atoms with van der Waals surface area (Å²) >= 11 is 0. The minimum absolute atomic E-state index is 0.0237. The largest absolute Gasteiger partial charge is 0.464 e. The van der Waals surface area contributed by atoms with E-state index >= 15 is 0 Å². The van der Waals surface area contributed by atoms with E-state index in [0.29, 0.717) is 19.8 Å². The third kappa shape index (κ3) is 4.55. The lowest BCUT2D eigenvalue weighted by molar-refractivity contribution is -0.120. The quantitative estimate of drug-likeness (QED) is 0.669. The van der Waals surface area contributed by atoms with Crippen LogP contribution in [-0.4, -0.2) is 43.7 Å². The van der Waals surface area contributed by atoms with Crippen molar-refractivity contribution in [3.05, 3.63) is 70.7 Å². The Hall–Kier alpha value is -2.70. The van der Waals surface area contributed by atoms with Crippen LogP contribution in [0.4, 0.5) is 4.39 Å². The fourth-order valence-electron chi connectivity index (χ4n) is 3.95. The number of halogens is 1. The maximum atomic E-state index is 13.4. The molecule has 4 rings (SSSR count). The van der Waals surface area contributed by atoms with Crippen LogP contribution in [0.5, 0.6) is 0 Å². The summed E-state index contributed by atoms with van der Waals surface area (Å²) in [5.74, 6) is -0.322. The summed E-state index contributed by atoms with van der Waals surface area (Å²) in [6.07, 6.45) is 1.93. The van der Waals surface area contributed by atoms with E-state index in [1.165, 1.54) is 23.3 Å². The molecule has 6 heteroatoms. The van der Waals surface area contributed by atoms with Gasteiger partial charge in [-0.2, -0.15) is 0 Å². The number of carbonyl (C=O) groups excluding carboxylic acids is 1. The topological polar surface area (TPSA) is 54.7 Å². The van der Waals surface area contributed by atoms with Crippen LogP contribution in [0.15, 0.2) is 47.1 Å². The summed E-state index contributed by atoms with van der Waals surface area (Å²) in [6, 6.07) is 10.6. The average molecular weight is 410 g/mol. The van der Waals surface area contributed by atoms with Gasteiger partial charge in [0.2, 0.25) is 5.91 Å². The van der Waals surface area contributed by atoms with Crippen LogP contribution in [0.1, 0.15) is 28.3 Å². The number of nitrogens with zero attached hydrogens (tertiary/aromatic N) is 1. The molecule has 3 aromatic rings. The first-order valence-corrected chi connectivity index (χ1v) is 10.3. The van der Waals surface area contributed by atoms with Crippen molar-refractivity contribution < 1.29 is 18.3 Å². The normalized spacial score (nSPS) is 16.0. The number of aryl methyl sites for hydroxylation is 2. The van der Waals surface area contributed by atoms with Gasteiger partial charge in [0.1, 0.15) is 11.4 Å². The molecule has 1 unspecified atom stereocenters. The second-order valence-electron chi connectivity index (χ2n) is 7.89. The first kappa shape index (κ1) is 20.6. The first-order valence-electron chi connectivity index (χ1n) is 10.3. The predicted octanol–water partition coefficient (Wildman–Crippen LogP) is 3.92. The Balaban J connectivity index is 1.46. The Labute approximate surface area is 175 Å². The molecular formula is C24H27FN2O3. The number of hydrogen-bond donors (Lipinski definition) is 1. The number of nitrogens with one attached hydrogen (secondary N) is 1. The molecule has 30 heavy (non-hydrogen) atoms. The number of morpholine rings is 1. The average Bonchev–Trinajstić information content (AvgIpc) is 3.12. The molecule has 0 aliphatic carbocycles. The molecule has 1 aliphatic heterocycles. The fourth-order valence-corrected chi connectivity index (χ4v) is 3.95. The number of hydrogen-bond acceptors (Lipinski definition) is 4. The molecule has 1 fully saturated rings. The highest BCUT2D eigenvalue weighted by molar-refractivity contribution is 5.88. The predicted molar refractivity (Wildman–Crippen MR) is 114 cm³/mol. The fraction of sp³-hybridized carbons (Fsp3) is 0.375. The summed E-state index contributed by atoms with van der Waals surface area (Å²) in [5.41, 5.74) is 5.02. The molecule has 1 N–H and O–H groups in total. The van der Waals surface area contributed by atoms with Crippen LogP contribution < -0.4 is 5.32 Å². The number of furan rings is 1. The van der Waals surface area contributed by atoms with Gasteiger partial charge in [0, 0.05) is 30.6 Å². The summed E-state index contributed by atoms with van der Waals surface area (Å²) < 4.78 is 24.5. The van der Waals surface area contributed by atoms with Crippen LogP contribution in [0.3, 0.4) is 0 Å². The highest BCUT2D eigenvalue weighted by Crippen LogP contribution is 2.25. The van der Waals surface area contributed by atoms with Gasteiger partial charge < -0.3 is 14.5 Å². The van der Waals surface area contributed by atoms with Crippen molar-refractivity contribution in [1.82, 2.24) is 10.2 Å². The lowest BCUT2D eigenvalue weighted by Crippen LogP contribution is -2.44. The molecule has 2 heterocycles. The zero-order valence-corrected chi connectivity index (χ0v) is 17.4. The van der Waals surface area contributed by atoms with Crippen molar-refractivity contribution in [3.8, 4) is 0 Å². The molecule has 0 bridgehead atoms. The van der Waals surface area contributed by atoms with Crippen molar-refractivity contribution in [1.29, 1.82) is 0 Å². The van der Waals surface area contributed by atoms with Gasteiger partial charge in [0.15, 0.2) is 0 Å². The van der Waals surface area contributed by atoms with E-state index in [2.05, 4.69) is 23.2 Å². The minimum atomic E-state index is -0.263. The molecule has 1 saturated heterocycles. The van der Waals surface area contributed by atoms with E-state index in [1.54, 1.807) is 18.4 Å². The minimum Gasteiger partial charge on any atom is -0.464 e. The monoisotopic (exact) mass is 410 g/mol. The van der Waals surface area contributed by atoms with E-state index in [9.17, 15) is 9.18 Å². The van der Waals surface area contributed by atoms with E-state index in [0.717, 1.165) is 35.2 Å². The number of rotatable bonds is 6. The van der Waals surface area contributed by atoms with Crippen molar-refractivity contribution in [2.75, 3.05) is 32.8 Å². The molecular weight excluding hydrogens is 383 g/mol. The lowest BCUT2D eigenvalue weighted by atomic mass is 10.0. The van der Waals surface area contributed by atoms with Gasteiger partial charge in [-0.3, -0.25) is 9.69 Å². The van der Waals surface area contributed by atoms with E-state index < -0.39 is 0 Å². The molecule has 1 atom stereocenters. The summed E-state index contributed by atoms with van der Waals surface area (Å²) in [4.78, 5) is 15.0. The van der Waals surface area contributed by atoms with Gasteiger partial charge in [-0.25, -0.2) is 4.39 Å². The molecule has 0 radical (unpaired) electrons. The van der Waals surface area contributed by atoms with Crippen molar-refractivity contribution >= 4 is 16.9 Å². The summed E-state index contributed by atoms with van der Waals surface area (Å²) in [6.45, 7) is 7.44. The van der Waals surface area contributed by atoms with Gasteiger partial charge in [0.25, 0.3) is 0 Å². The van der Waals surface area contributed by atoms with Crippen molar-refractivity contribution in [3.63, 3.8) is 0 Å². The first-order chi connectivity index (χ1) is 14.5. The highest BCUT2D eigenvalue weighted by atomic mass is 19.1. The third-order valence-corrected chi connectivity index (χ3v) is 5.85. The highest BCUT2D eigenvalue weighted by Gasteiger charge is 2.23. The number of benzene rings is 2. The van der Waals surface area contributed by atoms with Crippen LogP contribution >= 0.6 is 0 Å². The van der Waals surface area contributed by atoms with Gasteiger partial charge in [-0.05, 0) is 54.8 Å². The van der Waals surface area contributed by atoms with Gasteiger partial charge >= 0.3 is 0 Å². The van der Waals surface area contributed by atoms with Crippen LogP contribution in [0, 0.1) is 19.7 Å². The number of ether oxygens (including phenoxy) is 1. The Bertz CT molecular complexity index is 1020. The van der Waals surface area contributed by atoms with E-state index in [1.807, 2.05) is 13.0 Å². The maximum Gasteiger partial charge on any atom is 0.224 e. The molecule has 158 valence electrons. The number of amides is 1. The standard InChI is InChI=1S/C24H27FN2O3/c1-16-11-21-19(15-30-23(21)12-17(16)2)13-24(28)26-14-22(27-7-9-29-10-8-27)18-3-5-20(25)6-4-18/h3-6,11-12,15,22H,7-10,13-14H2,1-2H3,(H,26,28). The molecule has 5 nitrogen and oxygen atoms in total. The maximum absolute atomic E-state index is 13.4. The molecule has 0 saturated carbocycles. The Morgan fingerprint density at radius 2 is 1.83 bits per heavy atom. The summed E-state index contributed by atoms with van der Waals surface area (Å²) in [7, 11) is 0. The van der Waals surface area contributed by atoms with Gasteiger partial charge in [-0.1, -0.05) is 12.1 Å². The summed E-state index contributed by atoms with van der Waals surface area (Å²) in [5, 5.41) is 4.05. The molecule has 2 aromatic carbocycles. The van der Waals surface area contributed by atoms with Gasteiger partial charge in [0.05, 0.1) is 31.9 Å². The number of carbonyl (C=O) groups is 1. The smallest absolute Gasteiger partial charge is 0.224 e. The molecule has 1 amide bonds. The third-order valence-electron chi connectivity index (χ3n) is 5.85. The Morgan fingerprint density at radius 1 is 1.13 bits per heavy atom. The van der Waals surface area contributed by atoms with E-state index in [-0.39, 0.29) is 24.2 Å². The van der Waals surface area contributed by atoms with Crippen LogP contribution in [0.2, 0.25) is 0 Å². The van der Waals surface area contributed by atoms with Gasteiger partial charge in [-0.15, -0.1) is 0 Å². The molecule has 1 aromatic heterocycles. The molecule has 0 spiro atoms. The zero-order chi connectivity index (χ0) is 21.1. The van der Waals surface area contributed by atoms with Crippen LogP contribution in [0.25, 0.3) is 11.0 Å². The van der Waals surface area contributed by atoms with Crippen molar-refractivity contribution in [2.45, 2.75) is 26.3 Å². The van der Waals surface area contributed by atoms with E-state index in [4.69, 9.17) is 9.15 Å². The second-order valence-corrected chi connectivity index (χ2v) is 7.89. The lowest BCUT2D eigenvalue weighted by Gasteiger charge is -2.35. The van der Waals surface area contributed by atoms with Crippen molar-refractivity contribution in [2.24, 2.45) is 0 Å². The van der Waals surface area contributed by atoms with Crippen LogP contribution in [-0.2, 0) is 16.0 Å². The zero-order valence-electron chi connectivity index (χ0n) is 17.4. The molecule has 1 aliphatic rings. The SMILES string of the molecule is Cc1cc2occ(CC(=O)NCC(c3ccc(F)cc3)N3CCOCC3)c2cc1C. The Morgan fingerprint density at radius 3 is 2.57 bits per heavy atom. The Kier molecular flexibility index (Phi) is 6.16. The second kappa shape index (κ2) is 8.98.